The maximum atomic E-state index is 13.8. The molecule has 13 heteroatoms. The van der Waals surface area contributed by atoms with E-state index in [0.29, 0.717) is 17.5 Å². The van der Waals surface area contributed by atoms with E-state index in [4.69, 9.17) is 46.4 Å². The van der Waals surface area contributed by atoms with Gasteiger partial charge in [0.1, 0.15) is 6.07 Å². The normalized spacial score (nSPS) is 12.5. The van der Waals surface area contributed by atoms with Crippen LogP contribution in [0.5, 0.6) is 0 Å². The van der Waals surface area contributed by atoms with E-state index in [-0.39, 0.29) is 30.8 Å². The minimum absolute atomic E-state index is 0.0291. The molecule has 0 fully saturated rings. The van der Waals surface area contributed by atoms with Gasteiger partial charge in [0.25, 0.3) is 0 Å². The molecule has 0 radical (unpaired) electrons. The molecule has 1 aromatic carbocycles. The molecule has 2 aromatic rings. The Morgan fingerprint density at radius 1 is 1.07 bits per heavy atom. The summed E-state index contributed by atoms with van der Waals surface area (Å²) in [4.78, 5) is 0.0927. The molecule has 1 aromatic heterocycles. The molecule has 0 saturated carbocycles. The van der Waals surface area contributed by atoms with Crippen molar-refractivity contribution in [3.05, 3.63) is 45.2 Å². The van der Waals surface area contributed by atoms with Crippen molar-refractivity contribution in [2.24, 2.45) is 0 Å². The van der Waals surface area contributed by atoms with Crippen molar-refractivity contribution in [3.63, 3.8) is 0 Å². The number of hydrogen-bond donors (Lipinski definition) is 0. The van der Waals surface area contributed by atoms with Gasteiger partial charge in [-0.15, -0.1) is 23.5 Å². The smallest absolute Gasteiger partial charge is 0.314 e. The van der Waals surface area contributed by atoms with E-state index < -0.39 is 15.7 Å². The van der Waals surface area contributed by atoms with Gasteiger partial charge in [-0.3, -0.25) is 0 Å². The van der Waals surface area contributed by atoms with Crippen molar-refractivity contribution in [1.82, 2.24) is 4.57 Å². The van der Waals surface area contributed by atoms with Gasteiger partial charge in [-0.2, -0.15) is 22.8 Å². The molecule has 29 heavy (non-hydrogen) atoms. The van der Waals surface area contributed by atoms with Crippen LogP contribution in [-0.4, -0.2) is 21.0 Å². The highest BCUT2D eigenvalue weighted by atomic mass is 35.5. The van der Waals surface area contributed by atoms with Crippen molar-refractivity contribution < 1.29 is 17.6 Å². The fourth-order valence-electron chi connectivity index (χ4n) is 2.51. The average Bonchev–Trinajstić information content (AvgIpc) is 2.90. The zero-order chi connectivity index (χ0) is 22.1. The Morgan fingerprint density at radius 2 is 1.59 bits per heavy atom. The van der Waals surface area contributed by atoms with Crippen LogP contribution in [0.3, 0.4) is 0 Å². The zero-order valence-corrected chi connectivity index (χ0v) is 19.9. The molecular weight excluding hydrogens is 534 g/mol. The largest absolute Gasteiger partial charge is 0.416 e. The molecule has 2 nitrogen and oxygen atoms in total. The first kappa shape index (κ1) is 25.2. The summed E-state index contributed by atoms with van der Waals surface area (Å²) in [6.45, 7) is 0. The summed E-state index contributed by atoms with van der Waals surface area (Å²) in [5.74, 6) is 0. The molecule has 0 aliphatic rings. The number of thioether (sulfide) groups is 3. The van der Waals surface area contributed by atoms with Crippen molar-refractivity contribution in [2.45, 2.75) is 19.6 Å². The van der Waals surface area contributed by atoms with Gasteiger partial charge in [-0.25, -0.2) is 0 Å². The molecule has 0 unspecified atom stereocenters. The Labute approximate surface area is 197 Å². The third kappa shape index (κ3) is 5.79. The number of halogens is 8. The predicted octanol–water partition coefficient (Wildman–Crippen LogP) is 8.55. The predicted molar refractivity (Wildman–Crippen MR) is 117 cm³/mol. The Hall–Kier alpha value is -0.0800. The van der Waals surface area contributed by atoms with E-state index >= 15 is 0 Å². The molecule has 1 heterocycles. The van der Waals surface area contributed by atoms with Crippen LogP contribution in [0.15, 0.2) is 23.2 Å². The second-order valence-corrected chi connectivity index (χ2v) is 11.3. The maximum Gasteiger partial charge on any atom is 0.416 e. The number of aromatic nitrogens is 1. The van der Waals surface area contributed by atoms with Crippen molar-refractivity contribution in [1.29, 1.82) is 5.26 Å². The van der Waals surface area contributed by atoms with Crippen molar-refractivity contribution in [2.75, 3.05) is 12.5 Å². The molecule has 0 atom stereocenters. The summed E-state index contributed by atoms with van der Waals surface area (Å²) in [6, 6.07) is 3.46. The maximum absolute atomic E-state index is 13.8. The lowest BCUT2D eigenvalue weighted by molar-refractivity contribution is -0.137. The standard InChI is InChI=1S/C16H10Cl4F4N2S3/c1-27-14(28-2)12-8(5-25)11(29-16(19,20)24)6-26(12)13-9(17)3-7(4-10(13)18)15(21,22)23/h3-4,6,14H,1-2H3. The first-order chi connectivity index (χ1) is 13.3. The Bertz CT molecular complexity index is 924. The number of nitriles is 1. The van der Waals surface area contributed by atoms with Gasteiger partial charge in [0.2, 0.25) is 0 Å². The minimum atomic E-state index is -4.64. The highest BCUT2D eigenvalue weighted by Crippen LogP contribution is 2.49. The van der Waals surface area contributed by atoms with Gasteiger partial charge in [0.05, 0.1) is 37.1 Å². The van der Waals surface area contributed by atoms with Crippen LogP contribution in [0.1, 0.15) is 21.4 Å². The van der Waals surface area contributed by atoms with Crippen LogP contribution in [0.25, 0.3) is 5.69 Å². The molecule has 0 bridgehead atoms. The van der Waals surface area contributed by atoms with Gasteiger partial charge >= 0.3 is 10.1 Å². The van der Waals surface area contributed by atoms with E-state index in [2.05, 4.69) is 0 Å². The molecule has 0 amide bonds. The van der Waals surface area contributed by atoms with Crippen molar-refractivity contribution >= 4 is 81.7 Å². The zero-order valence-electron chi connectivity index (χ0n) is 14.5. The molecule has 0 aliphatic heterocycles. The highest BCUT2D eigenvalue weighted by molar-refractivity contribution is 8.15. The molecule has 158 valence electrons. The third-order valence-electron chi connectivity index (χ3n) is 3.58. The molecule has 0 N–H and O–H groups in total. The summed E-state index contributed by atoms with van der Waals surface area (Å²) in [7, 11) is 0. The van der Waals surface area contributed by atoms with Gasteiger partial charge < -0.3 is 4.57 Å². The van der Waals surface area contributed by atoms with Gasteiger partial charge in [0, 0.05) is 11.1 Å². The van der Waals surface area contributed by atoms with Crippen LogP contribution in [-0.2, 0) is 6.18 Å². The first-order valence-corrected chi connectivity index (χ1v) is 12.3. The van der Waals surface area contributed by atoms with Gasteiger partial charge in [-0.1, -0.05) is 46.4 Å². The quantitative estimate of drug-likeness (QED) is 0.158. The number of nitrogens with zero attached hydrogens (tertiary/aromatic N) is 2. The second-order valence-electron chi connectivity index (χ2n) is 5.37. The average molecular weight is 544 g/mol. The first-order valence-electron chi connectivity index (χ1n) is 7.37. The highest BCUT2D eigenvalue weighted by Gasteiger charge is 2.34. The lowest BCUT2D eigenvalue weighted by atomic mass is 10.2. The molecule has 0 saturated heterocycles. The molecule has 0 aliphatic carbocycles. The SMILES string of the molecule is CSC(SC)c1c(C#N)c(SC(F)(Cl)Cl)cn1-c1c(Cl)cc(C(F)(F)F)cc1Cl. The molecule has 0 spiro atoms. The van der Waals surface area contributed by atoms with Crippen LogP contribution in [0, 0.1) is 11.3 Å². The minimum Gasteiger partial charge on any atom is -0.314 e. The second kappa shape index (κ2) is 9.60. The fraction of sp³-hybridized carbons (Fsp3) is 0.312. The summed E-state index contributed by atoms with van der Waals surface area (Å²) >= 11 is 26.3. The van der Waals surface area contributed by atoms with Crippen LogP contribution in [0.2, 0.25) is 10.0 Å². The number of benzene rings is 1. The molecule has 2 rings (SSSR count). The summed E-state index contributed by atoms with van der Waals surface area (Å²) in [5, 5.41) is 9.10. The van der Waals surface area contributed by atoms with E-state index in [9.17, 15) is 22.8 Å². The monoisotopic (exact) mass is 542 g/mol. The lowest BCUT2D eigenvalue weighted by Crippen LogP contribution is -2.08. The number of rotatable bonds is 6. The third-order valence-corrected chi connectivity index (χ3v) is 7.84. The van der Waals surface area contributed by atoms with E-state index in [1.807, 2.05) is 6.07 Å². The summed E-state index contributed by atoms with van der Waals surface area (Å²) in [6.07, 6.45) is 0.254. The Balaban J connectivity index is 2.83. The fourth-order valence-corrected chi connectivity index (χ4v) is 6.01. The van der Waals surface area contributed by atoms with E-state index in [0.717, 1.165) is 12.1 Å². The molecular formula is C16H10Cl4F4N2S3. The van der Waals surface area contributed by atoms with Gasteiger partial charge in [0.15, 0.2) is 0 Å². The van der Waals surface area contributed by atoms with E-state index in [1.165, 1.54) is 34.3 Å². The number of alkyl halides is 6. The van der Waals surface area contributed by atoms with Crippen LogP contribution >= 0.6 is 81.7 Å². The summed E-state index contributed by atoms with van der Waals surface area (Å²) in [5.41, 5.74) is -0.549. The topological polar surface area (TPSA) is 28.7 Å². The van der Waals surface area contributed by atoms with Crippen LogP contribution < -0.4 is 0 Å². The number of hydrogen-bond acceptors (Lipinski definition) is 4. The lowest BCUT2D eigenvalue weighted by Gasteiger charge is -2.19. The van der Waals surface area contributed by atoms with Gasteiger partial charge in [-0.05, 0) is 36.4 Å². The summed E-state index contributed by atoms with van der Waals surface area (Å²) < 4.78 is 51.3. The Morgan fingerprint density at radius 3 is 1.97 bits per heavy atom. The Kier molecular flexibility index (Phi) is 8.33. The van der Waals surface area contributed by atoms with Crippen molar-refractivity contribution in [3.8, 4) is 11.8 Å². The van der Waals surface area contributed by atoms with Crippen LogP contribution in [0.4, 0.5) is 17.6 Å². The van der Waals surface area contributed by atoms with E-state index in [1.54, 1.807) is 12.5 Å².